The first kappa shape index (κ1) is 21.5. The molecule has 8 nitrogen and oxygen atoms in total. The van der Waals surface area contributed by atoms with Crippen molar-refractivity contribution in [1.82, 2.24) is 15.2 Å². The van der Waals surface area contributed by atoms with Gasteiger partial charge in [0.25, 0.3) is 5.91 Å². The van der Waals surface area contributed by atoms with Crippen LogP contribution < -0.4 is 20.3 Å². The van der Waals surface area contributed by atoms with Crippen LogP contribution >= 0.6 is 0 Å². The van der Waals surface area contributed by atoms with Crippen molar-refractivity contribution in [3.05, 3.63) is 87.8 Å². The Labute approximate surface area is 201 Å². The Bertz CT molecular complexity index is 1380. The summed E-state index contributed by atoms with van der Waals surface area (Å²) in [6.45, 7) is 1.56. The standard InChI is InChI=1S/C27H25N3O5/c31-23-11-10-17-4-1-5-18(12-17)35-22-8-2-6-19-20-13-30(26(33)21-7-3-9-24(32)29-21)15-27(20,14-28-23)16-34-25(19)22/h1-9,12,20H,10-11,13-16H2,(H,28,31)(H,29,32)/t20-,27+/m1/s1. The van der Waals surface area contributed by atoms with Gasteiger partial charge in [0, 0.05) is 49.0 Å². The first-order valence-corrected chi connectivity index (χ1v) is 11.8. The molecule has 1 spiro atoms. The fourth-order valence-corrected chi connectivity index (χ4v) is 5.44. The third-order valence-corrected chi connectivity index (χ3v) is 7.23. The summed E-state index contributed by atoms with van der Waals surface area (Å²) in [5.41, 5.74) is 1.41. The van der Waals surface area contributed by atoms with E-state index in [0.717, 1.165) is 11.1 Å². The molecule has 4 aliphatic heterocycles. The maximum atomic E-state index is 13.3. The summed E-state index contributed by atoms with van der Waals surface area (Å²) in [5, 5.41) is 3.11. The number of hydrogen-bond acceptors (Lipinski definition) is 5. The number of amides is 2. The van der Waals surface area contributed by atoms with Gasteiger partial charge in [0.1, 0.15) is 11.4 Å². The van der Waals surface area contributed by atoms with Gasteiger partial charge in [-0.05, 0) is 36.2 Å². The smallest absolute Gasteiger partial charge is 0.270 e. The fourth-order valence-electron chi connectivity index (χ4n) is 5.44. The minimum absolute atomic E-state index is 0.0433. The van der Waals surface area contributed by atoms with Gasteiger partial charge < -0.3 is 24.7 Å². The summed E-state index contributed by atoms with van der Waals surface area (Å²) in [4.78, 5) is 42.2. The van der Waals surface area contributed by atoms with Gasteiger partial charge in [-0.25, -0.2) is 0 Å². The quantitative estimate of drug-likeness (QED) is 0.569. The number of aryl methyl sites for hydroxylation is 1. The second kappa shape index (κ2) is 8.30. The number of carbonyl (C=O) groups excluding carboxylic acids is 2. The van der Waals surface area contributed by atoms with E-state index in [4.69, 9.17) is 9.47 Å². The Morgan fingerprint density at radius 3 is 2.77 bits per heavy atom. The van der Waals surface area contributed by atoms with Crippen molar-refractivity contribution in [2.45, 2.75) is 18.8 Å². The van der Waals surface area contributed by atoms with E-state index in [2.05, 4.69) is 10.3 Å². The zero-order valence-electron chi connectivity index (χ0n) is 19.1. The van der Waals surface area contributed by atoms with E-state index < -0.39 is 5.41 Å². The van der Waals surface area contributed by atoms with Crippen molar-refractivity contribution >= 4 is 11.8 Å². The summed E-state index contributed by atoms with van der Waals surface area (Å²) in [6.07, 6.45) is 0.963. The van der Waals surface area contributed by atoms with Crippen molar-refractivity contribution in [2.75, 3.05) is 26.2 Å². The van der Waals surface area contributed by atoms with Gasteiger partial charge in [0.2, 0.25) is 11.5 Å². The fraction of sp³-hybridized carbons (Fsp3) is 0.296. The molecular formula is C27H25N3O5. The van der Waals surface area contributed by atoms with Gasteiger partial charge in [-0.15, -0.1) is 0 Å². The highest BCUT2D eigenvalue weighted by atomic mass is 16.5. The van der Waals surface area contributed by atoms with Gasteiger partial charge in [-0.1, -0.05) is 30.3 Å². The van der Waals surface area contributed by atoms with Gasteiger partial charge >= 0.3 is 0 Å². The van der Waals surface area contributed by atoms with Crippen molar-refractivity contribution in [3.63, 3.8) is 0 Å². The molecular weight excluding hydrogens is 446 g/mol. The molecule has 178 valence electrons. The molecule has 6 bridgehead atoms. The number of pyridine rings is 1. The van der Waals surface area contributed by atoms with E-state index in [-0.39, 0.29) is 29.0 Å². The molecule has 0 aliphatic carbocycles. The van der Waals surface area contributed by atoms with Crippen molar-refractivity contribution in [3.8, 4) is 17.2 Å². The number of hydrogen-bond donors (Lipinski definition) is 2. The van der Waals surface area contributed by atoms with E-state index in [1.165, 1.54) is 6.07 Å². The van der Waals surface area contributed by atoms with Crippen LogP contribution in [-0.2, 0) is 11.2 Å². The molecule has 0 radical (unpaired) electrons. The van der Waals surface area contributed by atoms with Gasteiger partial charge in [0.15, 0.2) is 11.5 Å². The maximum Gasteiger partial charge on any atom is 0.270 e. The molecule has 35 heavy (non-hydrogen) atoms. The number of nitrogens with one attached hydrogen (secondary N) is 2. The van der Waals surface area contributed by atoms with Crippen molar-refractivity contribution in [2.24, 2.45) is 5.41 Å². The average Bonchev–Trinajstić information content (AvgIpc) is 3.26. The van der Waals surface area contributed by atoms with Crippen molar-refractivity contribution in [1.29, 1.82) is 0 Å². The molecule has 1 aromatic heterocycles. The number of aromatic amines is 1. The monoisotopic (exact) mass is 471 g/mol. The second-order valence-corrected chi connectivity index (χ2v) is 9.52. The number of benzene rings is 2. The van der Waals surface area contributed by atoms with Crippen LogP contribution in [0.1, 0.15) is 34.0 Å². The Morgan fingerprint density at radius 2 is 1.89 bits per heavy atom. The van der Waals surface area contributed by atoms with Gasteiger partial charge in [-0.2, -0.15) is 0 Å². The van der Waals surface area contributed by atoms with E-state index in [9.17, 15) is 14.4 Å². The molecule has 1 saturated heterocycles. The minimum Gasteiger partial charge on any atom is -0.489 e. The number of rotatable bonds is 1. The topological polar surface area (TPSA) is 101 Å². The number of fused-ring (bicyclic) bond motifs is 5. The lowest BCUT2D eigenvalue weighted by molar-refractivity contribution is -0.121. The number of H-pyrrole nitrogens is 1. The second-order valence-electron chi connectivity index (χ2n) is 9.52. The third kappa shape index (κ3) is 3.84. The number of ether oxygens (including phenoxy) is 2. The molecule has 1 fully saturated rings. The molecule has 4 aliphatic rings. The summed E-state index contributed by atoms with van der Waals surface area (Å²) in [5.74, 6) is 1.63. The summed E-state index contributed by atoms with van der Waals surface area (Å²) in [7, 11) is 0. The highest BCUT2D eigenvalue weighted by Crippen LogP contribution is 2.52. The number of para-hydroxylation sites is 1. The molecule has 2 N–H and O–H groups in total. The van der Waals surface area contributed by atoms with E-state index in [0.29, 0.717) is 56.3 Å². The SMILES string of the molecule is O=C1CCc2cccc(c2)Oc2cccc3c2OC[C@]2(CN1)CN(C(=O)c1cccc(=O)[nH]1)C[C@H]32. The van der Waals surface area contributed by atoms with Crippen LogP contribution in [0.3, 0.4) is 0 Å². The summed E-state index contributed by atoms with van der Waals surface area (Å²) < 4.78 is 12.5. The number of likely N-dealkylation sites (tertiary alicyclic amines) is 1. The average molecular weight is 472 g/mol. The largest absolute Gasteiger partial charge is 0.489 e. The van der Waals surface area contributed by atoms with Crippen LogP contribution in [0.4, 0.5) is 0 Å². The number of carbonyl (C=O) groups is 2. The Hall–Kier alpha value is -4.07. The Balaban J connectivity index is 1.41. The van der Waals surface area contributed by atoms with Gasteiger partial charge in [-0.3, -0.25) is 14.4 Å². The first-order chi connectivity index (χ1) is 17.0. The zero-order chi connectivity index (χ0) is 24.0. The predicted molar refractivity (Wildman–Crippen MR) is 128 cm³/mol. The molecule has 5 heterocycles. The maximum absolute atomic E-state index is 13.3. The molecule has 0 saturated carbocycles. The lowest BCUT2D eigenvalue weighted by Crippen LogP contribution is -2.48. The van der Waals surface area contributed by atoms with Crippen LogP contribution in [0.2, 0.25) is 0 Å². The first-order valence-electron chi connectivity index (χ1n) is 11.8. The molecule has 8 heteroatoms. The van der Waals surface area contributed by atoms with E-state index in [1.54, 1.807) is 17.0 Å². The molecule has 0 unspecified atom stereocenters. The van der Waals surface area contributed by atoms with Crippen LogP contribution in [0, 0.1) is 5.41 Å². The molecule has 2 atom stereocenters. The third-order valence-electron chi connectivity index (χ3n) is 7.23. The molecule has 2 aromatic carbocycles. The normalized spacial score (nSPS) is 22.9. The van der Waals surface area contributed by atoms with Crippen LogP contribution in [0.15, 0.2) is 65.5 Å². The van der Waals surface area contributed by atoms with E-state index >= 15 is 0 Å². The zero-order valence-corrected chi connectivity index (χ0v) is 19.1. The molecule has 2 amide bonds. The highest BCUT2D eigenvalue weighted by Gasteiger charge is 2.53. The summed E-state index contributed by atoms with van der Waals surface area (Å²) >= 11 is 0. The number of aromatic nitrogens is 1. The van der Waals surface area contributed by atoms with Crippen molar-refractivity contribution < 1.29 is 19.1 Å². The lowest BCUT2D eigenvalue weighted by Gasteiger charge is -2.39. The minimum atomic E-state index is -0.496. The lowest BCUT2D eigenvalue weighted by atomic mass is 9.73. The van der Waals surface area contributed by atoms with Gasteiger partial charge in [0.05, 0.1) is 6.61 Å². The predicted octanol–water partition coefficient (Wildman–Crippen LogP) is 2.85. The number of nitrogens with zero attached hydrogens (tertiary/aromatic N) is 1. The summed E-state index contributed by atoms with van der Waals surface area (Å²) in [6, 6.07) is 18.1. The Kier molecular flexibility index (Phi) is 5.09. The van der Waals surface area contributed by atoms with E-state index in [1.807, 2.05) is 42.5 Å². The van der Waals surface area contributed by atoms with Crippen LogP contribution in [0.25, 0.3) is 0 Å². The Morgan fingerprint density at radius 1 is 1.03 bits per heavy atom. The van der Waals surface area contributed by atoms with Crippen LogP contribution in [0.5, 0.6) is 17.2 Å². The molecule has 3 aromatic rings. The van der Waals surface area contributed by atoms with Crippen LogP contribution in [-0.4, -0.2) is 47.9 Å². The highest BCUT2D eigenvalue weighted by molar-refractivity contribution is 5.92. The molecule has 7 rings (SSSR count).